The van der Waals surface area contributed by atoms with E-state index in [2.05, 4.69) is 33.6 Å². The monoisotopic (exact) mass is 222 g/mol. The minimum absolute atomic E-state index is 0.0968. The predicted molar refractivity (Wildman–Crippen MR) is 63.8 cm³/mol. The van der Waals surface area contributed by atoms with Crippen molar-refractivity contribution >= 4 is 5.82 Å². The van der Waals surface area contributed by atoms with E-state index in [1.165, 1.54) is 0 Å². The summed E-state index contributed by atoms with van der Waals surface area (Å²) in [7, 11) is 0. The van der Waals surface area contributed by atoms with Crippen LogP contribution >= 0.6 is 0 Å². The number of nitrogens with zero attached hydrogens (tertiary/aromatic N) is 3. The third kappa shape index (κ3) is 2.24. The second-order valence-corrected chi connectivity index (χ2v) is 4.36. The molecule has 16 heavy (non-hydrogen) atoms. The Bertz CT molecular complexity index is 393. The van der Waals surface area contributed by atoms with Crippen LogP contribution in [0.25, 0.3) is 0 Å². The van der Waals surface area contributed by atoms with Gasteiger partial charge in [-0.3, -0.25) is 9.69 Å². The lowest BCUT2D eigenvalue weighted by Gasteiger charge is -2.36. The summed E-state index contributed by atoms with van der Waals surface area (Å²) in [4.78, 5) is 22.8. The van der Waals surface area contributed by atoms with Gasteiger partial charge in [0.15, 0.2) is 5.82 Å². The normalized spacial score (nSPS) is 18.1. The maximum absolute atomic E-state index is 11.6. The van der Waals surface area contributed by atoms with Gasteiger partial charge in [0.25, 0.3) is 5.56 Å². The third-order valence-electron chi connectivity index (χ3n) is 3.03. The Morgan fingerprint density at radius 3 is 2.56 bits per heavy atom. The van der Waals surface area contributed by atoms with Gasteiger partial charge < -0.3 is 9.88 Å². The maximum atomic E-state index is 11.6. The first kappa shape index (κ1) is 11.1. The number of hydrogen-bond acceptors (Lipinski definition) is 4. The fourth-order valence-corrected chi connectivity index (χ4v) is 2.02. The van der Waals surface area contributed by atoms with E-state index in [-0.39, 0.29) is 5.56 Å². The zero-order valence-electron chi connectivity index (χ0n) is 9.81. The third-order valence-corrected chi connectivity index (χ3v) is 3.03. The summed E-state index contributed by atoms with van der Waals surface area (Å²) in [6.07, 6.45) is 3.20. The second kappa shape index (κ2) is 4.65. The second-order valence-electron chi connectivity index (χ2n) is 4.36. The molecule has 0 radical (unpaired) electrons. The fourth-order valence-electron chi connectivity index (χ4n) is 2.02. The van der Waals surface area contributed by atoms with Crippen molar-refractivity contribution < 1.29 is 0 Å². The number of aromatic nitrogens is 2. The first-order chi connectivity index (χ1) is 7.68. The van der Waals surface area contributed by atoms with Crippen LogP contribution in [0.15, 0.2) is 17.2 Å². The molecule has 2 heterocycles. The molecule has 1 aromatic heterocycles. The van der Waals surface area contributed by atoms with Crippen LogP contribution in [-0.2, 0) is 0 Å². The van der Waals surface area contributed by atoms with Crippen molar-refractivity contribution in [1.29, 1.82) is 0 Å². The van der Waals surface area contributed by atoms with Crippen LogP contribution in [0.3, 0.4) is 0 Å². The summed E-state index contributed by atoms with van der Waals surface area (Å²) in [5.41, 5.74) is -0.0968. The number of nitrogens with one attached hydrogen (secondary N) is 1. The fraction of sp³-hybridized carbons (Fsp3) is 0.636. The molecule has 0 unspecified atom stereocenters. The molecule has 1 saturated heterocycles. The van der Waals surface area contributed by atoms with Crippen molar-refractivity contribution in [2.45, 2.75) is 19.9 Å². The molecule has 1 N–H and O–H groups in total. The number of hydrogen-bond donors (Lipinski definition) is 1. The van der Waals surface area contributed by atoms with Crippen LogP contribution in [0.1, 0.15) is 13.8 Å². The Morgan fingerprint density at radius 2 is 2.00 bits per heavy atom. The molecule has 1 aliphatic rings. The van der Waals surface area contributed by atoms with E-state index in [1.54, 1.807) is 12.4 Å². The Kier molecular flexibility index (Phi) is 3.24. The van der Waals surface area contributed by atoms with Crippen molar-refractivity contribution in [1.82, 2.24) is 14.9 Å². The number of piperazine rings is 1. The highest BCUT2D eigenvalue weighted by molar-refractivity contribution is 5.35. The van der Waals surface area contributed by atoms with Crippen LogP contribution in [0.4, 0.5) is 5.82 Å². The molecule has 5 heteroatoms. The number of H-pyrrole nitrogens is 1. The molecule has 0 saturated carbocycles. The average molecular weight is 222 g/mol. The zero-order valence-corrected chi connectivity index (χ0v) is 9.81. The van der Waals surface area contributed by atoms with Crippen LogP contribution < -0.4 is 10.5 Å². The van der Waals surface area contributed by atoms with Gasteiger partial charge in [0, 0.05) is 44.6 Å². The van der Waals surface area contributed by atoms with Crippen molar-refractivity contribution in [2.75, 3.05) is 31.1 Å². The van der Waals surface area contributed by atoms with Gasteiger partial charge in [-0.1, -0.05) is 0 Å². The molecule has 5 nitrogen and oxygen atoms in total. The van der Waals surface area contributed by atoms with Gasteiger partial charge in [-0.25, -0.2) is 4.98 Å². The van der Waals surface area contributed by atoms with Gasteiger partial charge in [0.05, 0.1) is 0 Å². The van der Waals surface area contributed by atoms with E-state index >= 15 is 0 Å². The molecule has 88 valence electrons. The molecule has 0 atom stereocenters. The van der Waals surface area contributed by atoms with Crippen LogP contribution in [0.5, 0.6) is 0 Å². The molecule has 0 amide bonds. The lowest BCUT2D eigenvalue weighted by molar-refractivity contribution is 0.209. The SMILES string of the molecule is CC(C)N1CCN(c2ncc[nH]c2=O)CC1. The predicted octanol–water partition coefficient (Wildman–Crippen LogP) is 0.300. The van der Waals surface area contributed by atoms with E-state index in [4.69, 9.17) is 0 Å². The van der Waals surface area contributed by atoms with E-state index < -0.39 is 0 Å². The highest BCUT2D eigenvalue weighted by Gasteiger charge is 2.20. The maximum Gasteiger partial charge on any atom is 0.290 e. The zero-order chi connectivity index (χ0) is 11.5. The highest BCUT2D eigenvalue weighted by Crippen LogP contribution is 2.09. The molecule has 1 aromatic rings. The number of anilines is 1. The van der Waals surface area contributed by atoms with Gasteiger partial charge in [0.2, 0.25) is 0 Å². The summed E-state index contributed by atoms with van der Waals surface area (Å²) >= 11 is 0. The van der Waals surface area contributed by atoms with Gasteiger partial charge >= 0.3 is 0 Å². The first-order valence-corrected chi connectivity index (χ1v) is 5.71. The molecule has 0 aliphatic carbocycles. The quantitative estimate of drug-likeness (QED) is 0.782. The van der Waals surface area contributed by atoms with Crippen LogP contribution in [-0.4, -0.2) is 47.1 Å². The number of aromatic amines is 1. The largest absolute Gasteiger partial charge is 0.349 e. The molecule has 0 aromatic carbocycles. The van der Waals surface area contributed by atoms with Crippen molar-refractivity contribution in [2.24, 2.45) is 0 Å². The van der Waals surface area contributed by atoms with Crippen molar-refractivity contribution in [3.05, 3.63) is 22.7 Å². The lowest BCUT2D eigenvalue weighted by Crippen LogP contribution is -2.50. The molecule has 0 bridgehead atoms. The Morgan fingerprint density at radius 1 is 1.31 bits per heavy atom. The minimum atomic E-state index is -0.0968. The average Bonchev–Trinajstić information content (AvgIpc) is 2.30. The van der Waals surface area contributed by atoms with Crippen molar-refractivity contribution in [3.8, 4) is 0 Å². The highest BCUT2D eigenvalue weighted by atomic mass is 16.1. The first-order valence-electron chi connectivity index (χ1n) is 5.71. The van der Waals surface area contributed by atoms with Gasteiger partial charge in [-0.2, -0.15) is 0 Å². The standard InChI is InChI=1S/C11H18N4O/c1-9(2)14-5-7-15(8-6-14)10-11(16)13-4-3-12-10/h3-4,9H,5-8H2,1-2H3,(H,13,16). The summed E-state index contributed by atoms with van der Waals surface area (Å²) in [5, 5.41) is 0. The molecular weight excluding hydrogens is 204 g/mol. The van der Waals surface area contributed by atoms with Crippen LogP contribution in [0.2, 0.25) is 0 Å². The van der Waals surface area contributed by atoms with E-state index in [0.29, 0.717) is 11.9 Å². The summed E-state index contributed by atoms with van der Waals surface area (Å²) in [5.74, 6) is 0.547. The lowest BCUT2D eigenvalue weighted by atomic mass is 10.2. The Labute approximate surface area is 95.1 Å². The Hall–Kier alpha value is -1.36. The molecular formula is C11H18N4O. The number of rotatable bonds is 2. The van der Waals surface area contributed by atoms with E-state index in [0.717, 1.165) is 26.2 Å². The van der Waals surface area contributed by atoms with E-state index in [9.17, 15) is 4.79 Å². The smallest absolute Gasteiger partial charge is 0.290 e. The molecule has 2 rings (SSSR count). The molecule has 1 fully saturated rings. The van der Waals surface area contributed by atoms with Crippen molar-refractivity contribution in [3.63, 3.8) is 0 Å². The summed E-state index contributed by atoms with van der Waals surface area (Å²) < 4.78 is 0. The molecule has 1 aliphatic heterocycles. The minimum Gasteiger partial charge on any atom is -0.349 e. The van der Waals surface area contributed by atoms with Gasteiger partial charge in [-0.05, 0) is 13.8 Å². The topological polar surface area (TPSA) is 52.2 Å². The van der Waals surface area contributed by atoms with Gasteiger partial charge in [0.1, 0.15) is 0 Å². The van der Waals surface area contributed by atoms with Gasteiger partial charge in [-0.15, -0.1) is 0 Å². The summed E-state index contributed by atoms with van der Waals surface area (Å²) in [6.45, 7) is 8.13. The Balaban J connectivity index is 2.05. The molecule has 0 spiro atoms. The van der Waals surface area contributed by atoms with Crippen LogP contribution in [0, 0.1) is 0 Å². The van der Waals surface area contributed by atoms with E-state index in [1.807, 2.05) is 0 Å². The summed E-state index contributed by atoms with van der Waals surface area (Å²) in [6, 6.07) is 0.573.